The zero-order valence-electron chi connectivity index (χ0n) is 17.2. The van der Waals surface area contributed by atoms with Crippen LogP contribution in [0.25, 0.3) is 0 Å². The van der Waals surface area contributed by atoms with Gasteiger partial charge in [0.15, 0.2) is 11.5 Å². The summed E-state index contributed by atoms with van der Waals surface area (Å²) in [5.41, 5.74) is 1.99. The van der Waals surface area contributed by atoms with Crippen LogP contribution in [-0.2, 0) is 6.54 Å². The van der Waals surface area contributed by atoms with Crippen molar-refractivity contribution in [1.82, 2.24) is 15.0 Å². The van der Waals surface area contributed by atoms with Crippen LogP contribution < -0.4 is 9.47 Å². The summed E-state index contributed by atoms with van der Waals surface area (Å²) in [6.45, 7) is 4.32. The van der Waals surface area contributed by atoms with E-state index in [2.05, 4.69) is 16.1 Å². The molecule has 156 valence electrons. The van der Waals surface area contributed by atoms with Crippen molar-refractivity contribution >= 4 is 5.91 Å². The van der Waals surface area contributed by atoms with Crippen molar-refractivity contribution in [2.75, 3.05) is 40.4 Å². The molecule has 2 fully saturated rings. The lowest BCUT2D eigenvalue weighted by molar-refractivity contribution is 0.0751. The highest BCUT2D eigenvalue weighted by atomic mass is 16.5. The van der Waals surface area contributed by atoms with Crippen LogP contribution in [0.5, 0.6) is 11.5 Å². The number of para-hydroxylation sites is 1. The van der Waals surface area contributed by atoms with Gasteiger partial charge in [0, 0.05) is 43.7 Å². The van der Waals surface area contributed by atoms with Gasteiger partial charge >= 0.3 is 0 Å². The summed E-state index contributed by atoms with van der Waals surface area (Å²) in [6.07, 6.45) is 4.27. The first-order valence-electron chi connectivity index (χ1n) is 10.4. The number of carbonyl (C=O) groups excluding carboxylic acids is 1. The van der Waals surface area contributed by atoms with Crippen LogP contribution in [0.3, 0.4) is 0 Å². The zero-order chi connectivity index (χ0) is 20.2. The number of benzene rings is 1. The molecule has 0 N–H and O–H groups in total. The molecule has 0 radical (unpaired) electrons. The molecule has 3 heterocycles. The van der Waals surface area contributed by atoms with Gasteiger partial charge in [-0.15, -0.1) is 0 Å². The van der Waals surface area contributed by atoms with Gasteiger partial charge in [0.2, 0.25) is 5.76 Å². The molecule has 0 saturated carbocycles. The molecular weight excluding hydrogens is 370 g/mol. The number of hydrogen-bond donors (Lipinski definition) is 0. The third-order valence-electron chi connectivity index (χ3n) is 5.93. The lowest BCUT2D eigenvalue weighted by Gasteiger charge is -2.32. The lowest BCUT2D eigenvalue weighted by Crippen LogP contribution is -2.34. The van der Waals surface area contributed by atoms with Crippen LogP contribution in [0.2, 0.25) is 0 Å². The SMILES string of the molecule is COc1cccc(CN2CCC[C@@H](c3cc(C(=O)N4CCCC4)on3)C2)c1OC. The molecule has 2 aromatic rings. The molecule has 4 rings (SSSR count). The predicted octanol–water partition coefficient (Wildman–Crippen LogP) is 3.31. The molecule has 1 aromatic heterocycles. The fraction of sp³-hybridized carbons (Fsp3) is 0.545. The fourth-order valence-electron chi connectivity index (χ4n) is 4.42. The number of ether oxygens (including phenoxy) is 2. The summed E-state index contributed by atoms with van der Waals surface area (Å²) in [6, 6.07) is 7.83. The number of methoxy groups -OCH3 is 2. The Labute approximate surface area is 171 Å². The van der Waals surface area contributed by atoms with E-state index in [9.17, 15) is 4.79 Å². The normalized spacial score (nSPS) is 20.1. The Balaban J connectivity index is 1.43. The third kappa shape index (κ3) is 4.24. The molecule has 1 aromatic carbocycles. The molecule has 0 aliphatic carbocycles. The molecular formula is C22H29N3O4. The van der Waals surface area contributed by atoms with E-state index in [-0.39, 0.29) is 11.8 Å². The average Bonchev–Trinajstić information content (AvgIpc) is 3.45. The minimum Gasteiger partial charge on any atom is -0.493 e. The van der Waals surface area contributed by atoms with E-state index in [1.54, 1.807) is 14.2 Å². The van der Waals surface area contributed by atoms with Crippen molar-refractivity contribution in [1.29, 1.82) is 0 Å². The van der Waals surface area contributed by atoms with Gasteiger partial charge in [0.1, 0.15) is 0 Å². The Bertz CT molecular complexity index is 844. The average molecular weight is 399 g/mol. The Kier molecular flexibility index (Phi) is 6.04. The summed E-state index contributed by atoms with van der Waals surface area (Å²) in [5.74, 6) is 2.14. The number of rotatable bonds is 6. The number of aromatic nitrogens is 1. The topological polar surface area (TPSA) is 68.0 Å². The number of amides is 1. The molecule has 1 atom stereocenters. The first-order chi connectivity index (χ1) is 14.2. The highest BCUT2D eigenvalue weighted by Gasteiger charge is 2.28. The van der Waals surface area contributed by atoms with E-state index >= 15 is 0 Å². The van der Waals surface area contributed by atoms with Gasteiger partial charge in [0.25, 0.3) is 5.91 Å². The van der Waals surface area contributed by atoms with Crippen molar-refractivity contribution in [2.45, 2.75) is 38.1 Å². The number of hydrogen-bond acceptors (Lipinski definition) is 6. The standard InChI is InChI=1S/C22H29N3O4/c1-27-19-9-5-7-17(21(19)28-2)15-24-10-6-8-16(14-24)18-13-20(29-23-18)22(26)25-11-3-4-12-25/h5,7,9,13,16H,3-4,6,8,10-12,14-15H2,1-2H3/t16-/m1/s1. The van der Waals surface area contributed by atoms with Crippen LogP contribution in [0, 0.1) is 0 Å². The maximum atomic E-state index is 12.5. The van der Waals surface area contributed by atoms with Gasteiger partial charge in [-0.25, -0.2) is 0 Å². The number of nitrogens with zero attached hydrogens (tertiary/aromatic N) is 3. The molecule has 0 spiro atoms. The van der Waals surface area contributed by atoms with Crippen LogP contribution in [0.1, 0.15) is 53.4 Å². The number of likely N-dealkylation sites (tertiary alicyclic amines) is 2. The van der Waals surface area contributed by atoms with E-state index in [4.69, 9.17) is 14.0 Å². The van der Waals surface area contributed by atoms with Crippen LogP contribution in [0.4, 0.5) is 0 Å². The summed E-state index contributed by atoms with van der Waals surface area (Å²) >= 11 is 0. The third-order valence-corrected chi connectivity index (χ3v) is 5.93. The van der Waals surface area contributed by atoms with E-state index < -0.39 is 0 Å². The summed E-state index contributed by atoms with van der Waals surface area (Å²) in [7, 11) is 3.33. The highest BCUT2D eigenvalue weighted by molar-refractivity contribution is 5.91. The van der Waals surface area contributed by atoms with Gasteiger partial charge in [-0.05, 0) is 38.3 Å². The van der Waals surface area contributed by atoms with Gasteiger partial charge in [-0.2, -0.15) is 0 Å². The molecule has 29 heavy (non-hydrogen) atoms. The summed E-state index contributed by atoms with van der Waals surface area (Å²) < 4.78 is 16.4. The molecule has 7 nitrogen and oxygen atoms in total. The van der Waals surface area contributed by atoms with Crippen LogP contribution in [-0.4, -0.2) is 61.3 Å². The molecule has 0 bridgehead atoms. The van der Waals surface area contributed by atoms with E-state index in [1.165, 1.54) is 0 Å². The Morgan fingerprint density at radius 3 is 2.76 bits per heavy atom. The van der Waals surface area contributed by atoms with Crippen LogP contribution in [0.15, 0.2) is 28.8 Å². The van der Waals surface area contributed by atoms with E-state index in [1.807, 2.05) is 23.1 Å². The minimum absolute atomic E-state index is 0.0324. The largest absolute Gasteiger partial charge is 0.493 e. The van der Waals surface area contributed by atoms with Crippen molar-refractivity contribution < 1.29 is 18.8 Å². The van der Waals surface area contributed by atoms with Crippen molar-refractivity contribution in [2.24, 2.45) is 0 Å². The quantitative estimate of drug-likeness (QED) is 0.742. The second-order valence-corrected chi connectivity index (χ2v) is 7.84. The zero-order valence-corrected chi connectivity index (χ0v) is 17.2. The Morgan fingerprint density at radius 2 is 2.00 bits per heavy atom. The molecule has 2 aliphatic rings. The molecule has 7 heteroatoms. The van der Waals surface area contributed by atoms with Gasteiger partial charge in [-0.3, -0.25) is 9.69 Å². The minimum atomic E-state index is -0.0324. The smallest absolute Gasteiger partial charge is 0.292 e. The van der Waals surface area contributed by atoms with Gasteiger partial charge in [-0.1, -0.05) is 17.3 Å². The highest BCUT2D eigenvalue weighted by Crippen LogP contribution is 2.33. The molecule has 1 amide bonds. The van der Waals surface area contributed by atoms with Gasteiger partial charge < -0.3 is 18.9 Å². The number of carbonyl (C=O) groups is 1. The lowest BCUT2D eigenvalue weighted by atomic mass is 9.94. The maximum absolute atomic E-state index is 12.5. The predicted molar refractivity (Wildman–Crippen MR) is 108 cm³/mol. The summed E-state index contributed by atoms with van der Waals surface area (Å²) in [4.78, 5) is 16.8. The molecule has 2 saturated heterocycles. The van der Waals surface area contributed by atoms with E-state index in [0.717, 1.165) is 81.2 Å². The van der Waals surface area contributed by atoms with Crippen molar-refractivity contribution in [3.8, 4) is 11.5 Å². The van der Waals surface area contributed by atoms with Crippen molar-refractivity contribution in [3.05, 3.63) is 41.3 Å². The van der Waals surface area contributed by atoms with Gasteiger partial charge in [0.05, 0.1) is 19.9 Å². The second kappa shape index (κ2) is 8.86. The monoisotopic (exact) mass is 399 g/mol. The van der Waals surface area contributed by atoms with Crippen molar-refractivity contribution in [3.63, 3.8) is 0 Å². The maximum Gasteiger partial charge on any atom is 0.292 e. The van der Waals surface area contributed by atoms with Crippen LogP contribution >= 0.6 is 0 Å². The molecule has 0 unspecified atom stereocenters. The number of piperidine rings is 1. The summed E-state index contributed by atoms with van der Waals surface area (Å²) in [5, 5.41) is 4.24. The first-order valence-corrected chi connectivity index (χ1v) is 10.4. The Hall–Kier alpha value is -2.54. The fourth-order valence-corrected chi connectivity index (χ4v) is 4.42. The first kappa shape index (κ1) is 19.8. The Morgan fingerprint density at radius 1 is 1.17 bits per heavy atom. The second-order valence-electron chi connectivity index (χ2n) is 7.84. The molecule has 2 aliphatic heterocycles. The van der Waals surface area contributed by atoms with E-state index in [0.29, 0.717) is 5.76 Å².